The van der Waals surface area contributed by atoms with Gasteiger partial charge in [-0.25, -0.2) is 4.79 Å². The number of anilines is 1. The fourth-order valence-electron chi connectivity index (χ4n) is 3.29. The van der Waals surface area contributed by atoms with Gasteiger partial charge in [0.2, 0.25) is 0 Å². The van der Waals surface area contributed by atoms with Gasteiger partial charge in [0.15, 0.2) is 5.11 Å². The molecule has 0 fully saturated rings. The lowest BCUT2D eigenvalue weighted by Crippen LogP contribution is -2.36. The molecule has 0 aliphatic heterocycles. The number of ether oxygens (including phenoxy) is 1. The Morgan fingerprint density at radius 3 is 2.88 bits per heavy atom. The van der Waals surface area contributed by atoms with Gasteiger partial charge in [0.1, 0.15) is 5.00 Å². The fourth-order valence-corrected chi connectivity index (χ4v) is 5.06. The molecule has 2 N–H and O–H groups in total. The molecule has 0 spiro atoms. The van der Waals surface area contributed by atoms with Crippen LogP contribution in [0.3, 0.4) is 0 Å². The first-order chi connectivity index (χ1) is 12.0. The molecule has 4 nitrogen and oxygen atoms in total. The number of nitrogens with one attached hydrogen (secondary N) is 2. The minimum absolute atomic E-state index is 0.270. The number of unbranched alkanes of at least 4 members (excludes halogenated alkanes) is 2. The average molecular weight is 383 g/mol. The summed E-state index contributed by atoms with van der Waals surface area (Å²) in [6.45, 7) is 6.61. The van der Waals surface area contributed by atoms with E-state index >= 15 is 0 Å². The van der Waals surface area contributed by atoms with Crippen LogP contribution in [-0.2, 0) is 17.6 Å². The number of thiocarbonyl (C=S) groups is 1. The minimum Gasteiger partial charge on any atom is -0.465 e. The Morgan fingerprint density at radius 2 is 2.20 bits per heavy atom. The molecule has 1 aliphatic rings. The zero-order valence-corrected chi connectivity index (χ0v) is 17.4. The normalized spacial score (nSPS) is 17.5. The summed E-state index contributed by atoms with van der Waals surface area (Å²) in [6.07, 6.45) is 7.84. The molecule has 25 heavy (non-hydrogen) atoms. The Labute approximate surface area is 160 Å². The van der Waals surface area contributed by atoms with E-state index in [0.717, 1.165) is 36.2 Å². The monoisotopic (exact) mass is 382 g/mol. The molecule has 6 heteroatoms. The largest absolute Gasteiger partial charge is 0.465 e. The number of esters is 1. The quantitative estimate of drug-likeness (QED) is 0.398. The third-order valence-corrected chi connectivity index (χ3v) is 6.14. The smallest absolute Gasteiger partial charge is 0.341 e. The molecule has 0 radical (unpaired) electrons. The highest BCUT2D eigenvalue weighted by Gasteiger charge is 2.28. The summed E-state index contributed by atoms with van der Waals surface area (Å²) >= 11 is 7.12. The van der Waals surface area contributed by atoms with Crippen molar-refractivity contribution in [2.45, 2.75) is 71.8 Å². The molecular formula is C19H30N2O2S2. The number of thiophene rings is 1. The van der Waals surface area contributed by atoms with Gasteiger partial charge in [-0.2, -0.15) is 0 Å². The van der Waals surface area contributed by atoms with E-state index in [0.29, 0.717) is 22.6 Å². The maximum atomic E-state index is 12.3. The van der Waals surface area contributed by atoms with Crippen molar-refractivity contribution in [2.75, 3.05) is 12.4 Å². The fraction of sp³-hybridized carbons (Fsp3) is 0.684. The maximum Gasteiger partial charge on any atom is 0.341 e. The van der Waals surface area contributed by atoms with Crippen molar-refractivity contribution in [3.63, 3.8) is 0 Å². The van der Waals surface area contributed by atoms with E-state index < -0.39 is 0 Å². The van der Waals surface area contributed by atoms with Crippen molar-refractivity contribution in [1.29, 1.82) is 0 Å². The van der Waals surface area contributed by atoms with Crippen LogP contribution >= 0.6 is 23.6 Å². The molecule has 1 aromatic heterocycles. The zero-order valence-electron chi connectivity index (χ0n) is 15.7. The summed E-state index contributed by atoms with van der Waals surface area (Å²) in [6, 6.07) is 0.322. The van der Waals surface area contributed by atoms with Crippen molar-refractivity contribution in [3.05, 3.63) is 16.0 Å². The molecule has 1 heterocycles. The highest BCUT2D eigenvalue weighted by Crippen LogP contribution is 2.40. The summed E-state index contributed by atoms with van der Waals surface area (Å²) in [5.74, 6) is 0.390. The van der Waals surface area contributed by atoms with E-state index in [2.05, 4.69) is 31.4 Å². The number of carbonyl (C=O) groups excluding carboxylic acids is 1. The predicted octanol–water partition coefficient (Wildman–Crippen LogP) is 4.91. The minimum atomic E-state index is -0.270. The molecule has 1 aromatic rings. The summed E-state index contributed by atoms with van der Waals surface area (Å²) in [4.78, 5) is 13.6. The number of hydrogen-bond donors (Lipinski definition) is 2. The summed E-state index contributed by atoms with van der Waals surface area (Å²) in [5, 5.41) is 8.00. The van der Waals surface area contributed by atoms with Crippen molar-refractivity contribution in [3.8, 4) is 0 Å². The van der Waals surface area contributed by atoms with Crippen LogP contribution in [0.25, 0.3) is 0 Å². The molecule has 0 aromatic carbocycles. The molecule has 1 aliphatic carbocycles. The second kappa shape index (κ2) is 9.53. The second-order valence-electron chi connectivity index (χ2n) is 7.04. The lowest BCUT2D eigenvalue weighted by atomic mass is 9.88. The zero-order chi connectivity index (χ0) is 18.4. The van der Waals surface area contributed by atoms with E-state index in [4.69, 9.17) is 17.0 Å². The highest BCUT2D eigenvalue weighted by atomic mass is 32.1. The first-order valence-electron chi connectivity index (χ1n) is 9.26. The molecule has 2 unspecified atom stereocenters. The van der Waals surface area contributed by atoms with Crippen molar-refractivity contribution in [1.82, 2.24) is 5.32 Å². The van der Waals surface area contributed by atoms with Crippen LogP contribution in [0.4, 0.5) is 5.00 Å². The molecule has 0 saturated carbocycles. The van der Waals surface area contributed by atoms with Gasteiger partial charge in [0, 0.05) is 10.9 Å². The van der Waals surface area contributed by atoms with E-state index in [9.17, 15) is 4.79 Å². The molecule has 0 saturated heterocycles. The number of hydrogen-bond acceptors (Lipinski definition) is 4. The first kappa shape index (κ1) is 20.2. The summed E-state index contributed by atoms with van der Waals surface area (Å²) < 4.78 is 5.02. The van der Waals surface area contributed by atoms with Crippen LogP contribution < -0.4 is 10.6 Å². The maximum absolute atomic E-state index is 12.3. The van der Waals surface area contributed by atoms with Crippen molar-refractivity contribution < 1.29 is 9.53 Å². The van der Waals surface area contributed by atoms with E-state index in [1.165, 1.54) is 31.2 Å². The van der Waals surface area contributed by atoms with E-state index in [-0.39, 0.29) is 5.97 Å². The Kier molecular flexibility index (Phi) is 7.69. The van der Waals surface area contributed by atoms with Crippen LogP contribution in [0, 0.1) is 5.92 Å². The van der Waals surface area contributed by atoms with Gasteiger partial charge in [-0.1, -0.05) is 33.1 Å². The summed E-state index contributed by atoms with van der Waals surface area (Å²) in [7, 11) is 1.44. The number of fused-ring (bicyclic) bond motifs is 1. The highest BCUT2D eigenvalue weighted by molar-refractivity contribution is 7.80. The van der Waals surface area contributed by atoms with Crippen LogP contribution in [0.5, 0.6) is 0 Å². The number of rotatable bonds is 7. The van der Waals surface area contributed by atoms with Crippen LogP contribution in [-0.4, -0.2) is 24.2 Å². The molecule has 0 bridgehead atoms. The Bertz CT molecular complexity index is 613. The standard InChI is InChI=1S/C19H30N2O2S2/c1-5-6-7-8-13(3)20-19(24)21-17-16(18(22)23-4)14-10-9-12(2)11-15(14)25-17/h12-13H,5-11H2,1-4H3,(H2,20,21,24). The van der Waals surface area contributed by atoms with Gasteiger partial charge in [-0.15, -0.1) is 11.3 Å². The van der Waals surface area contributed by atoms with Crippen molar-refractivity contribution >= 4 is 39.6 Å². The first-order valence-corrected chi connectivity index (χ1v) is 10.5. The van der Waals surface area contributed by atoms with Gasteiger partial charge < -0.3 is 15.4 Å². The SMILES string of the molecule is CCCCCC(C)NC(=S)Nc1sc2c(c1C(=O)OC)CCC(C)C2. The lowest BCUT2D eigenvalue weighted by molar-refractivity contribution is 0.0601. The van der Waals surface area contributed by atoms with E-state index in [1.807, 2.05) is 0 Å². The molecule has 2 atom stereocenters. The third kappa shape index (κ3) is 5.42. The lowest BCUT2D eigenvalue weighted by Gasteiger charge is -2.18. The molecule has 140 valence electrons. The van der Waals surface area contributed by atoms with E-state index in [1.54, 1.807) is 11.3 Å². The Balaban J connectivity index is 2.08. The topological polar surface area (TPSA) is 50.4 Å². The van der Waals surface area contributed by atoms with Gasteiger partial charge in [0.25, 0.3) is 0 Å². The van der Waals surface area contributed by atoms with Crippen molar-refractivity contribution in [2.24, 2.45) is 5.92 Å². The number of methoxy groups -OCH3 is 1. The average Bonchev–Trinajstić information content (AvgIpc) is 2.90. The Hall–Kier alpha value is -1.14. The van der Waals surface area contributed by atoms with Crippen LogP contribution in [0.1, 0.15) is 73.7 Å². The van der Waals surface area contributed by atoms with Gasteiger partial charge >= 0.3 is 5.97 Å². The van der Waals surface area contributed by atoms with Crippen LogP contribution in [0.15, 0.2) is 0 Å². The molecular weight excluding hydrogens is 352 g/mol. The predicted molar refractivity (Wildman–Crippen MR) is 110 cm³/mol. The van der Waals surface area contributed by atoms with Gasteiger partial charge in [0.05, 0.1) is 12.7 Å². The molecule has 0 amide bonds. The third-order valence-electron chi connectivity index (χ3n) is 4.75. The second-order valence-corrected chi connectivity index (χ2v) is 8.56. The Morgan fingerprint density at radius 1 is 1.44 bits per heavy atom. The molecule has 2 rings (SSSR count). The number of carbonyl (C=O) groups is 1. The summed E-state index contributed by atoms with van der Waals surface area (Å²) in [5.41, 5.74) is 1.83. The van der Waals surface area contributed by atoms with Gasteiger partial charge in [-0.05, 0) is 56.3 Å². The van der Waals surface area contributed by atoms with Gasteiger partial charge in [-0.3, -0.25) is 0 Å². The van der Waals surface area contributed by atoms with Crippen LogP contribution in [0.2, 0.25) is 0 Å².